The normalized spacial score (nSPS) is 17.2. The van der Waals surface area contributed by atoms with E-state index in [2.05, 4.69) is 15.8 Å². The van der Waals surface area contributed by atoms with Crippen molar-refractivity contribution in [3.63, 3.8) is 0 Å². The number of benzene rings is 3. The van der Waals surface area contributed by atoms with Gasteiger partial charge in [0, 0.05) is 11.8 Å². The summed E-state index contributed by atoms with van der Waals surface area (Å²) in [6.07, 6.45) is 1.80. The summed E-state index contributed by atoms with van der Waals surface area (Å²) in [5, 5.41) is 7.97. The van der Waals surface area contributed by atoms with Gasteiger partial charge in [-0.1, -0.05) is 55.5 Å². The number of amides is 4. The number of hydrogen-bond donors (Lipinski definition) is 2. The van der Waals surface area contributed by atoms with E-state index in [1.54, 1.807) is 31.2 Å². The highest BCUT2D eigenvalue weighted by Gasteiger charge is 2.52. The molecule has 0 aliphatic carbocycles. The minimum Gasteiger partial charge on any atom is -0.318 e. The maximum absolute atomic E-state index is 13.5. The van der Waals surface area contributed by atoms with Crippen molar-refractivity contribution in [3.05, 3.63) is 108 Å². The molecule has 180 valence electrons. The van der Waals surface area contributed by atoms with Gasteiger partial charge in [0.05, 0.1) is 11.3 Å². The molecule has 1 aliphatic rings. The summed E-state index contributed by atoms with van der Waals surface area (Å²) in [4.78, 5) is 39.7. The van der Waals surface area contributed by atoms with Gasteiger partial charge in [0.1, 0.15) is 17.1 Å². The van der Waals surface area contributed by atoms with Crippen LogP contribution in [0.25, 0.3) is 16.9 Å². The lowest BCUT2D eigenvalue weighted by molar-refractivity contribution is -0.133. The molecule has 1 aliphatic heterocycles. The summed E-state index contributed by atoms with van der Waals surface area (Å²) in [7, 11) is 0. The molecular weight excluding hydrogens is 461 g/mol. The van der Waals surface area contributed by atoms with Crippen molar-refractivity contribution in [1.82, 2.24) is 25.5 Å². The molecule has 0 bridgehead atoms. The van der Waals surface area contributed by atoms with Crippen LogP contribution in [-0.4, -0.2) is 32.6 Å². The largest absolute Gasteiger partial charge is 0.344 e. The van der Waals surface area contributed by atoms with Gasteiger partial charge >= 0.3 is 6.03 Å². The third-order valence-corrected chi connectivity index (χ3v) is 6.20. The Labute approximate surface area is 206 Å². The first-order valence-corrected chi connectivity index (χ1v) is 11.4. The van der Waals surface area contributed by atoms with Crippen molar-refractivity contribution in [1.29, 1.82) is 0 Å². The van der Waals surface area contributed by atoms with Crippen LogP contribution in [0, 0.1) is 5.82 Å². The summed E-state index contributed by atoms with van der Waals surface area (Å²) >= 11 is 0. The second-order valence-corrected chi connectivity index (χ2v) is 8.31. The molecule has 0 saturated carbocycles. The molecule has 8 nitrogen and oxygen atoms in total. The number of para-hydroxylation sites is 1. The third-order valence-electron chi connectivity index (χ3n) is 6.20. The summed E-state index contributed by atoms with van der Waals surface area (Å²) in [5.41, 5.74) is 3.35. The van der Waals surface area contributed by atoms with Crippen LogP contribution in [0.1, 0.15) is 29.3 Å². The topological polar surface area (TPSA) is 96.3 Å². The molecule has 4 amide bonds. The van der Waals surface area contributed by atoms with Crippen LogP contribution in [0.2, 0.25) is 0 Å². The van der Waals surface area contributed by atoms with Crippen LogP contribution in [-0.2, 0) is 10.3 Å². The van der Waals surface area contributed by atoms with Crippen molar-refractivity contribution < 1.29 is 18.8 Å². The molecule has 36 heavy (non-hydrogen) atoms. The van der Waals surface area contributed by atoms with Gasteiger partial charge < -0.3 is 5.32 Å². The average molecular weight is 484 g/mol. The lowest BCUT2D eigenvalue weighted by Gasteiger charge is -2.25. The predicted octanol–water partition coefficient (Wildman–Crippen LogP) is 4.18. The number of nitrogens with one attached hydrogen (secondary N) is 2. The molecule has 2 heterocycles. The summed E-state index contributed by atoms with van der Waals surface area (Å²) in [5.74, 6) is -1.73. The van der Waals surface area contributed by atoms with Crippen LogP contribution in [0.15, 0.2) is 91.1 Å². The molecule has 2 N–H and O–H groups in total. The summed E-state index contributed by atoms with van der Waals surface area (Å²) in [6.45, 7) is 1.78. The smallest absolute Gasteiger partial charge is 0.318 e. The first kappa shape index (κ1) is 23.0. The quantitative estimate of drug-likeness (QED) is 0.402. The van der Waals surface area contributed by atoms with E-state index < -0.39 is 29.2 Å². The molecule has 1 atom stereocenters. The Morgan fingerprint density at radius 3 is 2.25 bits per heavy atom. The molecule has 1 saturated heterocycles. The number of urea groups is 1. The Kier molecular flexibility index (Phi) is 5.81. The molecule has 9 heteroatoms. The van der Waals surface area contributed by atoms with Crippen molar-refractivity contribution >= 4 is 17.8 Å². The number of rotatable bonds is 6. The zero-order valence-electron chi connectivity index (χ0n) is 19.3. The van der Waals surface area contributed by atoms with Gasteiger partial charge in [-0.15, -0.1) is 0 Å². The molecule has 3 aromatic carbocycles. The Morgan fingerprint density at radius 1 is 0.972 bits per heavy atom. The number of imide groups is 1. The summed E-state index contributed by atoms with van der Waals surface area (Å²) in [6, 6.07) is 22.8. The molecule has 0 radical (unpaired) electrons. The van der Waals surface area contributed by atoms with Crippen molar-refractivity contribution in [2.75, 3.05) is 0 Å². The SMILES string of the molecule is CCC1(c2ccccc2)NC(=O)N(NC(=O)c2cn(-c3ccccc3)nc2-c2ccc(F)cc2)C1=O. The fourth-order valence-corrected chi connectivity index (χ4v) is 4.27. The fraction of sp³-hybridized carbons (Fsp3) is 0.111. The van der Waals surface area contributed by atoms with Crippen LogP contribution in [0.4, 0.5) is 9.18 Å². The monoisotopic (exact) mass is 483 g/mol. The Morgan fingerprint density at radius 2 is 1.61 bits per heavy atom. The van der Waals surface area contributed by atoms with Crippen LogP contribution in [0.5, 0.6) is 0 Å². The van der Waals surface area contributed by atoms with E-state index in [1.807, 2.05) is 36.4 Å². The number of aromatic nitrogens is 2. The second kappa shape index (κ2) is 9.10. The van der Waals surface area contributed by atoms with Gasteiger partial charge in [0.25, 0.3) is 11.8 Å². The highest BCUT2D eigenvalue weighted by molar-refractivity contribution is 6.10. The Hall–Kier alpha value is -4.79. The second-order valence-electron chi connectivity index (χ2n) is 8.31. The first-order chi connectivity index (χ1) is 17.4. The predicted molar refractivity (Wildman–Crippen MR) is 130 cm³/mol. The summed E-state index contributed by atoms with van der Waals surface area (Å²) < 4.78 is 15.1. The maximum atomic E-state index is 13.5. The molecule has 5 rings (SSSR count). The van der Waals surface area contributed by atoms with E-state index in [1.165, 1.54) is 35.1 Å². The van der Waals surface area contributed by atoms with Gasteiger partial charge in [-0.3, -0.25) is 15.0 Å². The fourth-order valence-electron chi connectivity index (χ4n) is 4.27. The average Bonchev–Trinajstić information content (AvgIpc) is 3.46. The number of carbonyl (C=O) groups is 3. The highest BCUT2D eigenvalue weighted by Crippen LogP contribution is 2.32. The van der Waals surface area contributed by atoms with E-state index in [9.17, 15) is 18.8 Å². The van der Waals surface area contributed by atoms with E-state index in [0.29, 0.717) is 28.2 Å². The Bertz CT molecular complexity index is 1440. The number of nitrogens with zero attached hydrogens (tertiary/aromatic N) is 3. The number of hydrogen-bond acceptors (Lipinski definition) is 4. The molecule has 0 spiro atoms. The third kappa shape index (κ3) is 3.90. The van der Waals surface area contributed by atoms with Crippen LogP contribution in [0.3, 0.4) is 0 Å². The van der Waals surface area contributed by atoms with Gasteiger partial charge in [-0.05, 0) is 48.4 Å². The van der Waals surface area contributed by atoms with E-state index in [4.69, 9.17) is 0 Å². The van der Waals surface area contributed by atoms with Crippen molar-refractivity contribution in [2.24, 2.45) is 0 Å². The standard InChI is InChI=1S/C27H22FN5O3/c1-2-27(19-9-5-3-6-10-19)25(35)33(26(36)29-27)31-24(34)22-17-32(21-11-7-4-8-12-21)30-23(22)18-13-15-20(28)16-14-18/h3-17H,2H2,1H3,(H,29,36)(H,31,34). The molecule has 1 unspecified atom stereocenters. The number of carbonyl (C=O) groups excluding carboxylic acids is 3. The van der Waals surface area contributed by atoms with Crippen LogP contribution >= 0.6 is 0 Å². The molecule has 1 aromatic heterocycles. The number of halogens is 1. The zero-order valence-corrected chi connectivity index (χ0v) is 19.3. The lowest BCUT2D eigenvalue weighted by atomic mass is 9.87. The van der Waals surface area contributed by atoms with Gasteiger partial charge in [0.2, 0.25) is 0 Å². The molecular formula is C27H22FN5O3. The van der Waals surface area contributed by atoms with E-state index >= 15 is 0 Å². The Balaban J connectivity index is 1.50. The van der Waals surface area contributed by atoms with Gasteiger partial charge in [-0.25, -0.2) is 13.9 Å². The minimum absolute atomic E-state index is 0.111. The van der Waals surface area contributed by atoms with Crippen LogP contribution < -0.4 is 10.7 Å². The lowest BCUT2D eigenvalue weighted by Crippen LogP contribution is -2.48. The molecule has 1 fully saturated rings. The molecule has 4 aromatic rings. The highest BCUT2D eigenvalue weighted by atomic mass is 19.1. The maximum Gasteiger partial charge on any atom is 0.344 e. The van der Waals surface area contributed by atoms with Gasteiger partial charge in [-0.2, -0.15) is 10.1 Å². The first-order valence-electron chi connectivity index (χ1n) is 11.4. The minimum atomic E-state index is -1.29. The van der Waals surface area contributed by atoms with E-state index in [-0.39, 0.29) is 11.3 Å². The zero-order chi connectivity index (χ0) is 25.3. The van der Waals surface area contributed by atoms with E-state index in [0.717, 1.165) is 0 Å². The van der Waals surface area contributed by atoms with Gasteiger partial charge in [0.15, 0.2) is 0 Å². The number of hydrazine groups is 1. The van der Waals surface area contributed by atoms with Crippen molar-refractivity contribution in [2.45, 2.75) is 18.9 Å². The van der Waals surface area contributed by atoms with Crippen molar-refractivity contribution in [3.8, 4) is 16.9 Å².